The summed E-state index contributed by atoms with van der Waals surface area (Å²) in [6.45, 7) is 4.64. The monoisotopic (exact) mass is 1150 g/mol. The van der Waals surface area contributed by atoms with Crippen LogP contribution in [0.4, 0.5) is 43.9 Å². The molecule has 0 saturated heterocycles. The molecule has 4 heterocycles. The highest BCUT2D eigenvalue weighted by Gasteiger charge is 2.51. The number of aryl methyl sites for hydroxylation is 3. The number of hydrogen-bond acceptors (Lipinski definition) is 6. The molecule has 0 aliphatic heterocycles. The van der Waals surface area contributed by atoms with Crippen LogP contribution in [0.3, 0.4) is 0 Å². The van der Waals surface area contributed by atoms with Crippen molar-refractivity contribution in [3.05, 3.63) is 154 Å². The van der Waals surface area contributed by atoms with E-state index in [1.165, 1.54) is 14.1 Å². The normalized spacial score (nSPS) is 13.3. The maximum absolute atomic E-state index is 16.1. The van der Waals surface area contributed by atoms with Gasteiger partial charge in [0.2, 0.25) is 11.4 Å². The molecular formula is C58H64ClF10N5O6+4. The Bertz CT molecular complexity index is 3090. The molecule has 1 amide bonds. The van der Waals surface area contributed by atoms with Crippen LogP contribution in [0.15, 0.2) is 97.6 Å². The summed E-state index contributed by atoms with van der Waals surface area (Å²) in [5.74, 6) is -3.67. The summed E-state index contributed by atoms with van der Waals surface area (Å²) >= 11 is 5.69. The van der Waals surface area contributed by atoms with Crippen molar-refractivity contribution >= 4 is 17.5 Å². The lowest BCUT2D eigenvalue weighted by Crippen LogP contribution is -2.44. The minimum atomic E-state index is -4.71. The third-order valence-electron chi connectivity index (χ3n) is 13.4. The van der Waals surface area contributed by atoms with Crippen LogP contribution in [0.1, 0.15) is 71.9 Å². The van der Waals surface area contributed by atoms with Crippen molar-refractivity contribution in [2.24, 2.45) is 14.1 Å². The number of alkyl halides is 7. The Balaban J connectivity index is 1.10. The van der Waals surface area contributed by atoms with Crippen molar-refractivity contribution in [2.75, 3.05) is 65.3 Å². The Labute approximate surface area is 462 Å². The van der Waals surface area contributed by atoms with Crippen LogP contribution in [-0.4, -0.2) is 76.8 Å². The molecular weight excluding hydrogens is 1090 g/mol. The van der Waals surface area contributed by atoms with Crippen LogP contribution in [0.2, 0.25) is 0 Å². The fourth-order valence-electron chi connectivity index (χ4n) is 9.11. The largest absolute Gasteiger partial charge is 0.422 e. The fraction of sp³-hybridized carbons (Fsp3) is 0.431. The molecule has 80 heavy (non-hydrogen) atoms. The first-order chi connectivity index (χ1) is 38.2. The second-order valence-corrected chi connectivity index (χ2v) is 19.9. The number of benzene rings is 2. The zero-order valence-electron chi connectivity index (χ0n) is 44.6. The SMILES string of the molecule is Cc1cc[n+](Cc2cc(F)cc(F)c2-c2ccc(C(F)(F)F)c[n+]2C)c(-c2cc(COC3(C(=O)NCCOCCOCCOCCOCCCCCCCl)CC3)cc[n+]2Cc2cc(F)cc(F)c2-c2ccc(C(F)(F)F)c[n+]2C)c1. The van der Waals surface area contributed by atoms with E-state index in [4.69, 9.17) is 35.3 Å². The summed E-state index contributed by atoms with van der Waals surface area (Å²) < 4.78 is 179. The number of amides is 1. The molecule has 11 nitrogen and oxygen atoms in total. The van der Waals surface area contributed by atoms with Gasteiger partial charge in [0.1, 0.15) is 54.1 Å². The second kappa shape index (κ2) is 28.1. The number of aromatic nitrogens is 4. The van der Waals surface area contributed by atoms with Gasteiger partial charge in [-0.05, 0) is 68.0 Å². The van der Waals surface area contributed by atoms with Crippen LogP contribution in [-0.2, 0) is 74.6 Å². The number of halogens is 11. The number of unbranched alkanes of at least 4 members (excludes halogenated alkanes) is 3. The molecule has 0 atom stereocenters. The van der Waals surface area contributed by atoms with E-state index in [2.05, 4.69) is 5.32 Å². The lowest BCUT2D eigenvalue weighted by molar-refractivity contribution is -0.706. The van der Waals surface area contributed by atoms with Gasteiger partial charge in [-0.15, -0.1) is 11.6 Å². The van der Waals surface area contributed by atoms with Gasteiger partial charge in [-0.1, -0.05) is 12.8 Å². The number of pyridine rings is 4. The molecule has 1 saturated carbocycles. The first kappa shape index (κ1) is 61.5. The molecule has 0 bridgehead atoms. The van der Waals surface area contributed by atoms with Gasteiger partial charge in [0.05, 0.1) is 64.0 Å². The predicted octanol–water partition coefficient (Wildman–Crippen LogP) is 9.94. The van der Waals surface area contributed by atoms with Gasteiger partial charge in [-0.25, -0.2) is 26.7 Å². The van der Waals surface area contributed by atoms with E-state index in [1.54, 1.807) is 52.7 Å². The topological polar surface area (TPSA) is 90.8 Å². The van der Waals surface area contributed by atoms with Crippen LogP contribution < -0.4 is 23.6 Å². The Kier molecular flexibility index (Phi) is 21.6. The first-order valence-electron chi connectivity index (χ1n) is 26.1. The highest BCUT2D eigenvalue weighted by atomic mass is 35.5. The minimum Gasteiger partial charge on any atom is -0.379 e. The number of rotatable bonds is 29. The zero-order chi connectivity index (χ0) is 57.6. The molecule has 0 spiro atoms. The van der Waals surface area contributed by atoms with E-state index < -0.39 is 52.3 Å². The standard InChI is InChI=1S/C58H63ClF10N5O6/c1-39-12-18-73(34-41-30-45(60)32-47(62)53(41)49-10-8-43(36-71(49)2)57(64,65)66)51(28-39)52-29-40(13-19-74(52)35-42-31-46(61)33-48(63)54(42)50-11-9-44(37-72(50)3)58(67,68)69)38-80-56(14-15-56)55(75)70-17-21-77-23-25-79-27-26-78-24-22-76-20-7-5-4-6-16-59/h8-13,18-19,28-33,36-37H,4-7,14-17,20-27,34-35,38H2,1-3H3/q+3/p+1. The summed E-state index contributed by atoms with van der Waals surface area (Å²) in [5, 5.41) is 2.87. The van der Waals surface area contributed by atoms with Gasteiger partial charge in [0, 0.05) is 78.7 Å². The average Bonchev–Trinajstić information content (AvgIpc) is 4.25. The number of carbonyl (C=O) groups excluding carboxylic acids is 1. The summed E-state index contributed by atoms with van der Waals surface area (Å²) in [6, 6.07) is 14.0. The molecule has 1 N–H and O–H groups in total. The minimum absolute atomic E-state index is 0.00356. The third kappa shape index (κ3) is 16.7. The van der Waals surface area contributed by atoms with Crippen molar-refractivity contribution in [2.45, 2.75) is 83.1 Å². The van der Waals surface area contributed by atoms with Gasteiger partial charge >= 0.3 is 12.4 Å². The maximum Gasteiger partial charge on any atom is 0.422 e. The Morgan fingerprint density at radius 2 is 1.06 bits per heavy atom. The lowest BCUT2D eigenvalue weighted by atomic mass is 10.0. The van der Waals surface area contributed by atoms with Crippen molar-refractivity contribution in [3.63, 3.8) is 0 Å². The van der Waals surface area contributed by atoms with Gasteiger partial charge < -0.3 is 29.0 Å². The number of carbonyl (C=O) groups is 1. The number of hydrogen-bond donors (Lipinski definition) is 1. The summed E-state index contributed by atoms with van der Waals surface area (Å²) in [5.41, 5.74) is -1.43. The van der Waals surface area contributed by atoms with E-state index in [-0.39, 0.29) is 72.4 Å². The van der Waals surface area contributed by atoms with Gasteiger partial charge in [-0.3, -0.25) is 4.79 Å². The molecule has 430 valence electrons. The molecule has 1 aliphatic rings. The maximum atomic E-state index is 16.1. The third-order valence-corrected chi connectivity index (χ3v) is 13.7. The van der Waals surface area contributed by atoms with Crippen LogP contribution in [0.5, 0.6) is 0 Å². The van der Waals surface area contributed by atoms with Gasteiger partial charge in [0.25, 0.3) is 17.3 Å². The Morgan fingerprint density at radius 1 is 0.588 bits per heavy atom. The van der Waals surface area contributed by atoms with E-state index in [0.29, 0.717) is 99.6 Å². The zero-order valence-corrected chi connectivity index (χ0v) is 45.3. The molecule has 1 aliphatic carbocycles. The quantitative estimate of drug-likeness (QED) is 0.0218. The van der Waals surface area contributed by atoms with E-state index in [9.17, 15) is 31.1 Å². The van der Waals surface area contributed by atoms with Crippen LogP contribution in [0.25, 0.3) is 33.9 Å². The molecule has 2 aromatic carbocycles. The molecule has 1 fully saturated rings. The average molecular weight is 1150 g/mol. The second-order valence-electron chi connectivity index (χ2n) is 19.5. The molecule has 0 radical (unpaired) electrons. The highest BCUT2D eigenvalue weighted by Crippen LogP contribution is 2.41. The van der Waals surface area contributed by atoms with Crippen molar-refractivity contribution in [3.8, 4) is 33.9 Å². The Morgan fingerprint density at radius 3 is 1.55 bits per heavy atom. The molecule has 0 unspecified atom stereocenters. The number of nitrogens with zero attached hydrogens (tertiary/aromatic N) is 4. The summed E-state index contributed by atoms with van der Waals surface area (Å²) in [4.78, 5) is 13.5. The highest BCUT2D eigenvalue weighted by molar-refractivity contribution is 6.17. The van der Waals surface area contributed by atoms with Crippen LogP contribution in [0, 0.1) is 30.2 Å². The van der Waals surface area contributed by atoms with Gasteiger partial charge in [-0.2, -0.15) is 35.5 Å². The van der Waals surface area contributed by atoms with E-state index in [0.717, 1.165) is 83.6 Å². The van der Waals surface area contributed by atoms with E-state index in [1.807, 2.05) is 0 Å². The smallest absolute Gasteiger partial charge is 0.379 e. The number of nitrogens with one attached hydrogen (secondary N) is 1. The molecule has 6 aromatic rings. The van der Waals surface area contributed by atoms with Crippen molar-refractivity contribution in [1.29, 1.82) is 0 Å². The van der Waals surface area contributed by atoms with Crippen molar-refractivity contribution < 1.29 is 90.7 Å². The fourth-order valence-corrected chi connectivity index (χ4v) is 9.30. The Hall–Kier alpha value is -6.10. The van der Waals surface area contributed by atoms with E-state index >= 15 is 17.6 Å². The summed E-state index contributed by atoms with van der Waals surface area (Å²) in [6.07, 6.45) is 0.456. The first-order valence-corrected chi connectivity index (χ1v) is 26.6. The molecule has 4 aromatic heterocycles. The number of ether oxygens (including phenoxy) is 5. The predicted molar refractivity (Wildman–Crippen MR) is 273 cm³/mol. The molecule has 7 rings (SSSR count). The molecule has 22 heteroatoms. The van der Waals surface area contributed by atoms with Crippen molar-refractivity contribution in [1.82, 2.24) is 5.32 Å². The van der Waals surface area contributed by atoms with Crippen LogP contribution >= 0.6 is 11.6 Å². The van der Waals surface area contributed by atoms with Gasteiger partial charge in [0.15, 0.2) is 37.9 Å². The summed E-state index contributed by atoms with van der Waals surface area (Å²) in [7, 11) is 2.61. The lowest BCUT2D eigenvalue weighted by Gasteiger charge is -2.17.